The third kappa shape index (κ3) is 7.51. The maximum atomic E-state index is 11.6. The summed E-state index contributed by atoms with van der Waals surface area (Å²) in [7, 11) is 0. The fourth-order valence-corrected chi connectivity index (χ4v) is 2.52. The molecule has 0 spiro atoms. The molecule has 156 valence electrons. The van der Waals surface area contributed by atoms with E-state index in [1.54, 1.807) is 0 Å². The lowest BCUT2D eigenvalue weighted by molar-refractivity contribution is -0.305. The summed E-state index contributed by atoms with van der Waals surface area (Å²) in [5, 5.41) is 0. The standard InChI is InChI=1S/C18H24O10/c1-6-7-8-23-18-17(27-13(5)22)16(26-12(4)21)15(25-11(3)20)14(28-18)9-24-10(2)19/h7,14-18H,1,8-9H2,2-5H3/t14-,15+,16+,17-,18-/m1/s1. The van der Waals surface area contributed by atoms with Crippen molar-refractivity contribution < 1.29 is 47.6 Å². The van der Waals surface area contributed by atoms with Gasteiger partial charge in [-0.25, -0.2) is 0 Å². The van der Waals surface area contributed by atoms with Crippen LogP contribution in [0.1, 0.15) is 27.7 Å². The summed E-state index contributed by atoms with van der Waals surface area (Å²) in [5.74, 6) is -2.70. The Hall–Kier alpha value is -2.68. The molecule has 0 aromatic rings. The third-order valence-electron chi connectivity index (χ3n) is 3.44. The van der Waals surface area contributed by atoms with E-state index in [-0.39, 0.29) is 13.2 Å². The van der Waals surface area contributed by atoms with Gasteiger partial charge in [-0.1, -0.05) is 6.58 Å². The molecule has 1 heterocycles. The molecular formula is C18H24O10. The minimum atomic E-state index is -1.25. The van der Waals surface area contributed by atoms with Crippen LogP contribution >= 0.6 is 0 Å². The Morgan fingerprint density at radius 3 is 1.93 bits per heavy atom. The van der Waals surface area contributed by atoms with Crippen LogP contribution in [0.5, 0.6) is 0 Å². The zero-order valence-corrected chi connectivity index (χ0v) is 16.2. The molecule has 1 aliphatic rings. The molecule has 0 aromatic heterocycles. The maximum Gasteiger partial charge on any atom is 0.303 e. The normalized spacial score (nSPS) is 26.4. The van der Waals surface area contributed by atoms with Crippen molar-refractivity contribution in [2.24, 2.45) is 0 Å². The summed E-state index contributed by atoms with van der Waals surface area (Å²) >= 11 is 0. The topological polar surface area (TPSA) is 124 Å². The number of rotatable bonds is 8. The molecular weight excluding hydrogens is 376 g/mol. The SMILES string of the molecule is C=C=CCO[C@@H]1O[C@H](COC(C)=O)[C@H](OC(C)=O)[C@H](OC(C)=O)[C@H]1OC(C)=O. The van der Waals surface area contributed by atoms with Crippen LogP contribution in [0.4, 0.5) is 0 Å². The molecule has 0 amide bonds. The predicted octanol–water partition coefficient (Wildman–Crippen LogP) is 0.427. The quantitative estimate of drug-likeness (QED) is 0.322. The van der Waals surface area contributed by atoms with Gasteiger partial charge in [0, 0.05) is 27.7 Å². The average Bonchev–Trinajstić information content (AvgIpc) is 2.57. The molecule has 0 N–H and O–H groups in total. The number of esters is 4. The van der Waals surface area contributed by atoms with Crippen molar-refractivity contribution in [3.8, 4) is 0 Å². The molecule has 0 aliphatic carbocycles. The zero-order valence-electron chi connectivity index (χ0n) is 16.2. The van der Waals surface area contributed by atoms with Crippen LogP contribution < -0.4 is 0 Å². The number of carbonyl (C=O) groups is 4. The van der Waals surface area contributed by atoms with Crippen LogP contribution in [0.15, 0.2) is 18.4 Å². The van der Waals surface area contributed by atoms with E-state index in [9.17, 15) is 19.2 Å². The van der Waals surface area contributed by atoms with E-state index in [0.717, 1.165) is 20.8 Å². The van der Waals surface area contributed by atoms with Crippen molar-refractivity contribution in [3.63, 3.8) is 0 Å². The van der Waals surface area contributed by atoms with E-state index < -0.39 is 54.6 Å². The summed E-state index contributed by atoms with van der Waals surface area (Å²) in [6.07, 6.45) is -4.49. The highest BCUT2D eigenvalue weighted by Gasteiger charge is 2.52. The summed E-state index contributed by atoms with van der Waals surface area (Å²) < 4.78 is 31.9. The fourth-order valence-electron chi connectivity index (χ4n) is 2.52. The van der Waals surface area contributed by atoms with Gasteiger partial charge in [-0.15, -0.1) is 5.73 Å². The van der Waals surface area contributed by atoms with Crippen LogP contribution in [-0.4, -0.2) is 67.8 Å². The highest BCUT2D eigenvalue weighted by atomic mass is 16.7. The molecule has 0 saturated carbocycles. The molecule has 10 heteroatoms. The number of ether oxygens (including phenoxy) is 6. The van der Waals surface area contributed by atoms with E-state index in [1.807, 2.05) is 0 Å². The molecule has 0 aromatic carbocycles. The van der Waals surface area contributed by atoms with Crippen LogP contribution in [0, 0.1) is 0 Å². The molecule has 1 aliphatic heterocycles. The van der Waals surface area contributed by atoms with Gasteiger partial charge in [0.2, 0.25) is 0 Å². The van der Waals surface area contributed by atoms with Crippen LogP contribution in [0.3, 0.4) is 0 Å². The van der Waals surface area contributed by atoms with E-state index in [2.05, 4.69) is 12.3 Å². The van der Waals surface area contributed by atoms with Crippen molar-refractivity contribution in [2.45, 2.75) is 58.4 Å². The van der Waals surface area contributed by atoms with Crippen molar-refractivity contribution in [1.29, 1.82) is 0 Å². The smallest absolute Gasteiger partial charge is 0.303 e. The van der Waals surface area contributed by atoms with E-state index in [1.165, 1.54) is 13.0 Å². The van der Waals surface area contributed by atoms with E-state index in [4.69, 9.17) is 28.4 Å². The monoisotopic (exact) mass is 400 g/mol. The van der Waals surface area contributed by atoms with Crippen molar-refractivity contribution in [2.75, 3.05) is 13.2 Å². The van der Waals surface area contributed by atoms with Gasteiger partial charge in [0.05, 0.1) is 6.61 Å². The molecule has 0 radical (unpaired) electrons. The largest absolute Gasteiger partial charge is 0.463 e. The maximum absolute atomic E-state index is 11.6. The third-order valence-corrected chi connectivity index (χ3v) is 3.44. The molecule has 28 heavy (non-hydrogen) atoms. The molecule has 1 fully saturated rings. The second kappa shape index (κ2) is 11.2. The molecule has 1 saturated heterocycles. The first kappa shape index (κ1) is 23.4. The summed E-state index contributed by atoms with van der Waals surface area (Å²) in [6.45, 7) is 7.72. The van der Waals surface area contributed by atoms with Crippen molar-refractivity contribution in [1.82, 2.24) is 0 Å². The van der Waals surface area contributed by atoms with E-state index >= 15 is 0 Å². The number of hydrogen-bond acceptors (Lipinski definition) is 10. The second-order valence-electron chi connectivity index (χ2n) is 5.81. The Labute approximate surface area is 162 Å². The van der Waals surface area contributed by atoms with Gasteiger partial charge in [-0.05, 0) is 6.08 Å². The van der Waals surface area contributed by atoms with Gasteiger partial charge in [0.1, 0.15) is 12.7 Å². The number of carbonyl (C=O) groups excluding carboxylic acids is 4. The summed E-state index contributed by atoms with van der Waals surface area (Å²) in [5.41, 5.74) is 2.51. The van der Waals surface area contributed by atoms with Gasteiger partial charge in [-0.2, -0.15) is 0 Å². The predicted molar refractivity (Wildman–Crippen MR) is 91.6 cm³/mol. The van der Waals surface area contributed by atoms with Crippen LogP contribution in [0.2, 0.25) is 0 Å². The van der Waals surface area contributed by atoms with Gasteiger partial charge >= 0.3 is 23.9 Å². The molecule has 0 unspecified atom stereocenters. The highest BCUT2D eigenvalue weighted by molar-refractivity contribution is 5.68. The Morgan fingerprint density at radius 1 is 0.893 bits per heavy atom. The van der Waals surface area contributed by atoms with Gasteiger partial charge in [0.15, 0.2) is 24.6 Å². The fraction of sp³-hybridized carbons (Fsp3) is 0.611. The molecule has 0 bridgehead atoms. The molecule has 1 rings (SSSR count). The summed E-state index contributed by atoms with van der Waals surface area (Å²) in [6, 6.07) is 0. The first-order chi connectivity index (χ1) is 13.1. The van der Waals surface area contributed by atoms with Crippen LogP contribution in [-0.2, 0) is 47.6 Å². The lowest BCUT2D eigenvalue weighted by Gasteiger charge is -2.43. The lowest BCUT2D eigenvalue weighted by Crippen LogP contribution is -2.62. The first-order valence-electron chi connectivity index (χ1n) is 8.42. The van der Waals surface area contributed by atoms with Crippen LogP contribution in [0.25, 0.3) is 0 Å². The second-order valence-corrected chi connectivity index (χ2v) is 5.81. The summed E-state index contributed by atoms with van der Waals surface area (Å²) in [4.78, 5) is 45.9. The van der Waals surface area contributed by atoms with Gasteiger partial charge in [-0.3, -0.25) is 19.2 Å². The Bertz CT molecular complexity index is 604. The lowest BCUT2D eigenvalue weighted by atomic mass is 9.98. The van der Waals surface area contributed by atoms with Gasteiger partial charge < -0.3 is 28.4 Å². The minimum absolute atomic E-state index is 0.00274. The molecule has 10 nitrogen and oxygen atoms in total. The van der Waals surface area contributed by atoms with E-state index in [0.29, 0.717) is 0 Å². The minimum Gasteiger partial charge on any atom is -0.463 e. The number of hydrogen-bond donors (Lipinski definition) is 0. The highest BCUT2D eigenvalue weighted by Crippen LogP contribution is 2.29. The average molecular weight is 400 g/mol. The van der Waals surface area contributed by atoms with Gasteiger partial charge in [0.25, 0.3) is 0 Å². The van der Waals surface area contributed by atoms with Crippen molar-refractivity contribution in [3.05, 3.63) is 18.4 Å². The Kier molecular flexibility index (Phi) is 9.37. The first-order valence-corrected chi connectivity index (χ1v) is 8.42. The zero-order chi connectivity index (χ0) is 21.3. The Morgan fingerprint density at radius 2 is 1.43 bits per heavy atom. The van der Waals surface area contributed by atoms with Crippen molar-refractivity contribution >= 4 is 23.9 Å². The Balaban J connectivity index is 3.26. The molecule has 5 atom stereocenters.